The Morgan fingerprint density at radius 3 is 2.58 bits per heavy atom. The number of esters is 1. The highest BCUT2D eigenvalue weighted by Crippen LogP contribution is 2.21. The molecule has 0 aliphatic heterocycles. The topological polar surface area (TPSA) is 113 Å². The van der Waals surface area contributed by atoms with Crippen LogP contribution < -0.4 is 5.32 Å². The number of hydrogen-bond donors (Lipinski definition) is 1. The minimum absolute atomic E-state index is 0.0900. The van der Waals surface area contributed by atoms with E-state index in [0.29, 0.717) is 16.5 Å². The number of rotatable bonds is 7. The molecule has 1 amide bonds. The van der Waals surface area contributed by atoms with Crippen molar-refractivity contribution >= 4 is 29.3 Å². The first-order valence-corrected chi connectivity index (χ1v) is 8.34. The fraction of sp³-hybridized carbons (Fsp3) is 0.375. The number of ether oxygens (including phenoxy) is 3. The molecule has 0 spiro atoms. The summed E-state index contributed by atoms with van der Waals surface area (Å²) in [6.45, 7) is 3.26. The second kappa shape index (κ2) is 8.70. The van der Waals surface area contributed by atoms with Crippen LogP contribution in [0.25, 0.3) is 6.08 Å². The van der Waals surface area contributed by atoms with E-state index in [1.54, 1.807) is 19.2 Å². The molecule has 0 aliphatic rings. The molecule has 2 aromatic rings. The highest BCUT2D eigenvalue weighted by molar-refractivity contribution is 7.09. The number of thiazole rings is 1. The van der Waals surface area contributed by atoms with Crippen molar-refractivity contribution in [1.29, 1.82) is 0 Å². The molecule has 2 heterocycles. The second-order valence-electron chi connectivity index (χ2n) is 5.10. The van der Waals surface area contributed by atoms with Crippen molar-refractivity contribution in [3.05, 3.63) is 39.1 Å². The first-order chi connectivity index (χ1) is 12.4. The number of methoxy groups -OCH3 is 3. The van der Waals surface area contributed by atoms with Gasteiger partial charge >= 0.3 is 5.97 Å². The molecule has 140 valence electrons. The zero-order valence-electron chi connectivity index (χ0n) is 15.0. The van der Waals surface area contributed by atoms with E-state index < -0.39 is 18.2 Å². The van der Waals surface area contributed by atoms with Gasteiger partial charge < -0.3 is 23.9 Å². The number of allylic oxidation sites excluding steroid dienone is 1. The van der Waals surface area contributed by atoms with E-state index in [1.807, 2.05) is 0 Å². The van der Waals surface area contributed by atoms with Gasteiger partial charge in [-0.3, -0.25) is 4.79 Å². The fourth-order valence-electron chi connectivity index (χ4n) is 2.03. The summed E-state index contributed by atoms with van der Waals surface area (Å²) in [4.78, 5) is 32.0. The van der Waals surface area contributed by atoms with Gasteiger partial charge in [0.05, 0.1) is 7.11 Å². The van der Waals surface area contributed by atoms with Gasteiger partial charge in [0.1, 0.15) is 16.5 Å². The average Bonchev–Trinajstić information content (AvgIpc) is 3.22. The molecule has 0 saturated carbocycles. The summed E-state index contributed by atoms with van der Waals surface area (Å²) in [5.74, 6) is -0.479. The van der Waals surface area contributed by atoms with Gasteiger partial charge in [-0.15, -0.1) is 11.3 Å². The quantitative estimate of drug-likeness (QED) is 0.574. The van der Waals surface area contributed by atoms with Crippen molar-refractivity contribution in [3.8, 4) is 0 Å². The molecule has 1 N–H and O–H groups in total. The van der Waals surface area contributed by atoms with E-state index >= 15 is 0 Å². The maximum atomic E-state index is 12.3. The summed E-state index contributed by atoms with van der Waals surface area (Å²) in [6, 6.07) is 0. The van der Waals surface area contributed by atoms with Gasteiger partial charge in [-0.05, 0) is 13.8 Å². The van der Waals surface area contributed by atoms with Crippen LogP contribution in [0, 0.1) is 6.92 Å². The molecule has 2 rings (SSSR count). The standard InChI is InChI=1S/C16H19N3O6S/c1-8(6-11-19-12(9(2)25-11)15(21)22-3)17-13(20)10-7-26-14(18-10)16(23-4)24-5/h6-7,16H,1-5H3,(H,17,20)/b8-6-. The zero-order valence-corrected chi connectivity index (χ0v) is 15.8. The van der Waals surface area contributed by atoms with Crippen LogP contribution in [0.1, 0.15) is 50.8 Å². The van der Waals surface area contributed by atoms with E-state index in [4.69, 9.17) is 13.9 Å². The summed E-state index contributed by atoms with van der Waals surface area (Å²) in [7, 11) is 4.24. The molecule has 0 aromatic carbocycles. The summed E-state index contributed by atoms with van der Waals surface area (Å²) in [6.07, 6.45) is 0.878. The van der Waals surface area contributed by atoms with E-state index in [-0.39, 0.29) is 17.3 Å². The maximum absolute atomic E-state index is 12.3. The van der Waals surface area contributed by atoms with Crippen molar-refractivity contribution in [3.63, 3.8) is 0 Å². The summed E-state index contributed by atoms with van der Waals surface area (Å²) in [5, 5.41) is 4.81. The number of amides is 1. The number of carbonyl (C=O) groups is 2. The third-order valence-electron chi connectivity index (χ3n) is 3.23. The van der Waals surface area contributed by atoms with Crippen LogP contribution in [0.5, 0.6) is 0 Å². The van der Waals surface area contributed by atoms with Crippen LogP contribution in [0.4, 0.5) is 0 Å². The number of oxazole rings is 1. The Hall–Kier alpha value is -2.56. The molecule has 0 fully saturated rings. The van der Waals surface area contributed by atoms with E-state index in [9.17, 15) is 9.59 Å². The van der Waals surface area contributed by atoms with Gasteiger partial charge in [0.2, 0.25) is 12.2 Å². The Morgan fingerprint density at radius 1 is 1.27 bits per heavy atom. The molecule has 0 unspecified atom stereocenters. The first-order valence-electron chi connectivity index (χ1n) is 7.46. The fourth-order valence-corrected chi connectivity index (χ4v) is 2.87. The van der Waals surface area contributed by atoms with Crippen LogP contribution in [0.2, 0.25) is 0 Å². The summed E-state index contributed by atoms with van der Waals surface area (Å²) in [5.41, 5.74) is 0.792. The number of aromatic nitrogens is 2. The normalized spacial score (nSPS) is 11.7. The van der Waals surface area contributed by atoms with E-state index in [2.05, 4.69) is 20.0 Å². The Balaban J connectivity index is 2.09. The third-order valence-corrected chi connectivity index (χ3v) is 4.09. The molecule has 0 saturated heterocycles. The van der Waals surface area contributed by atoms with Gasteiger partial charge in [-0.1, -0.05) is 0 Å². The van der Waals surface area contributed by atoms with Gasteiger partial charge in [0.15, 0.2) is 5.69 Å². The van der Waals surface area contributed by atoms with Crippen molar-refractivity contribution < 1.29 is 28.2 Å². The highest BCUT2D eigenvalue weighted by Gasteiger charge is 2.19. The molecular formula is C16H19N3O6S. The molecule has 0 radical (unpaired) electrons. The Bertz CT molecular complexity index is 822. The molecule has 0 aliphatic carbocycles. The van der Waals surface area contributed by atoms with Crippen molar-refractivity contribution in [2.24, 2.45) is 0 Å². The Morgan fingerprint density at radius 2 is 1.96 bits per heavy atom. The van der Waals surface area contributed by atoms with Crippen molar-refractivity contribution in [2.45, 2.75) is 20.1 Å². The van der Waals surface area contributed by atoms with Gasteiger partial charge in [0, 0.05) is 31.4 Å². The van der Waals surface area contributed by atoms with Crippen LogP contribution >= 0.6 is 11.3 Å². The SMILES string of the molecule is COC(=O)c1nc(/C=C(/C)NC(=O)c2csc(C(OC)OC)n2)oc1C. The molecule has 10 heteroatoms. The highest BCUT2D eigenvalue weighted by atomic mass is 32.1. The molecule has 9 nitrogen and oxygen atoms in total. The molecule has 0 bridgehead atoms. The number of nitrogens with zero attached hydrogens (tertiary/aromatic N) is 2. The molecule has 0 atom stereocenters. The van der Waals surface area contributed by atoms with Gasteiger partial charge in [0.25, 0.3) is 5.91 Å². The van der Waals surface area contributed by atoms with Crippen LogP contribution in [-0.2, 0) is 14.2 Å². The minimum atomic E-state index is -0.620. The lowest BCUT2D eigenvalue weighted by atomic mass is 10.3. The Labute approximate surface area is 154 Å². The summed E-state index contributed by atoms with van der Waals surface area (Å²) >= 11 is 1.25. The Kier molecular flexibility index (Phi) is 6.61. The summed E-state index contributed by atoms with van der Waals surface area (Å²) < 4.78 is 20.2. The number of nitrogens with one attached hydrogen (secondary N) is 1. The maximum Gasteiger partial charge on any atom is 0.360 e. The largest absolute Gasteiger partial charge is 0.464 e. The third kappa shape index (κ3) is 4.54. The average molecular weight is 381 g/mol. The zero-order chi connectivity index (χ0) is 19.3. The van der Waals surface area contributed by atoms with Crippen LogP contribution in [0.3, 0.4) is 0 Å². The second-order valence-corrected chi connectivity index (χ2v) is 5.99. The van der Waals surface area contributed by atoms with E-state index in [1.165, 1.54) is 38.7 Å². The number of carbonyl (C=O) groups excluding carboxylic acids is 2. The predicted octanol–water partition coefficient (Wildman–Crippen LogP) is 2.31. The first kappa shape index (κ1) is 19.8. The van der Waals surface area contributed by atoms with Crippen molar-refractivity contribution in [2.75, 3.05) is 21.3 Å². The van der Waals surface area contributed by atoms with Gasteiger partial charge in [-0.2, -0.15) is 0 Å². The van der Waals surface area contributed by atoms with Crippen molar-refractivity contribution in [1.82, 2.24) is 15.3 Å². The minimum Gasteiger partial charge on any atom is -0.464 e. The number of aryl methyl sites for hydroxylation is 1. The van der Waals surface area contributed by atoms with Gasteiger partial charge in [-0.25, -0.2) is 14.8 Å². The van der Waals surface area contributed by atoms with Crippen LogP contribution in [0.15, 0.2) is 15.5 Å². The van der Waals surface area contributed by atoms with Crippen LogP contribution in [-0.4, -0.2) is 43.2 Å². The monoisotopic (exact) mass is 381 g/mol. The molecule has 26 heavy (non-hydrogen) atoms. The molecule has 2 aromatic heterocycles. The lowest BCUT2D eigenvalue weighted by Crippen LogP contribution is -2.21. The smallest absolute Gasteiger partial charge is 0.360 e. The lowest BCUT2D eigenvalue weighted by Gasteiger charge is -2.09. The molecular weight excluding hydrogens is 362 g/mol. The number of hydrogen-bond acceptors (Lipinski definition) is 9. The lowest BCUT2D eigenvalue weighted by molar-refractivity contribution is -0.106. The van der Waals surface area contributed by atoms with E-state index in [0.717, 1.165) is 0 Å². The predicted molar refractivity (Wildman–Crippen MR) is 92.6 cm³/mol.